The molecule has 2 aliphatic rings. The molecule has 1 saturated carbocycles. The van der Waals surface area contributed by atoms with Gasteiger partial charge in [0.05, 0.1) is 12.8 Å². The Morgan fingerprint density at radius 3 is 2.86 bits per heavy atom. The Kier molecular flexibility index (Phi) is 4.41. The first kappa shape index (κ1) is 18.6. The summed E-state index contributed by atoms with van der Waals surface area (Å²) >= 11 is 0. The van der Waals surface area contributed by atoms with Gasteiger partial charge < -0.3 is 14.4 Å². The van der Waals surface area contributed by atoms with E-state index < -0.39 is 5.60 Å². The lowest BCUT2D eigenvalue weighted by Crippen LogP contribution is -2.35. The fourth-order valence-corrected chi connectivity index (χ4v) is 5.63. The average molecular weight is 392 g/mol. The quantitative estimate of drug-likeness (QED) is 0.738. The molecule has 1 saturated heterocycles. The van der Waals surface area contributed by atoms with Gasteiger partial charge in [0.2, 0.25) is 0 Å². The molecule has 1 aliphatic heterocycles. The standard InChI is InChI=1S/C24H29N3O2/c1-16-20(19-12-18(29-3)7-8-22(19)26(16)2)14-27-13-17-9-10-24(28,21(17)15-27)23-6-4-5-11-25-23/h4-8,11-12,17,21,28H,9-10,13-15H2,1-3H3/t17-,21+,24-/m0/s1. The van der Waals surface area contributed by atoms with Crippen molar-refractivity contribution < 1.29 is 9.84 Å². The molecule has 0 amide bonds. The molecular weight excluding hydrogens is 362 g/mol. The maximum Gasteiger partial charge on any atom is 0.119 e. The molecule has 5 nitrogen and oxygen atoms in total. The highest BCUT2D eigenvalue weighted by Gasteiger charge is 2.53. The van der Waals surface area contributed by atoms with E-state index in [2.05, 4.69) is 40.6 Å². The number of aliphatic hydroxyl groups is 1. The Morgan fingerprint density at radius 1 is 1.24 bits per heavy atom. The van der Waals surface area contributed by atoms with E-state index in [0.717, 1.165) is 43.9 Å². The summed E-state index contributed by atoms with van der Waals surface area (Å²) in [5.41, 5.74) is 3.94. The van der Waals surface area contributed by atoms with Gasteiger partial charge in [-0.1, -0.05) is 6.07 Å². The highest BCUT2D eigenvalue weighted by atomic mass is 16.5. The second-order valence-electron chi connectivity index (χ2n) is 8.74. The van der Waals surface area contributed by atoms with Crippen LogP contribution < -0.4 is 4.74 Å². The molecule has 2 aromatic heterocycles. The zero-order valence-electron chi connectivity index (χ0n) is 17.4. The first-order valence-electron chi connectivity index (χ1n) is 10.5. The maximum absolute atomic E-state index is 11.5. The van der Waals surface area contributed by atoms with Crippen LogP contribution in [-0.4, -0.2) is 39.8 Å². The summed E-state index contributed by atoms with van der Waals surface area (Å²) in [6, 6.07) is 12.2. The van der Waals surface area contributed by atoms with E-state index in [1.54, 1.807) is 13.3 Å². The number of pyridine rings is 1. The number of aromatic nitrogens is 2. The molecule has 0 spiro atoms. The number of rotatable bonds is 4. The second kappa shape index (κ2) is 6.85. The summed E-state index contributed by atoms with van der Waals surface area (Å²) < 4.78 is 7.74. The first-order chi connectivity index (χ1) is 14.0. The van der Waals surface area contributed by atoms with Crippen molar-refractivity contribution in [3.63, 3.8) is 0 Å². The Hall–Kier alpha value is -2.37. The fourth-order valence-electron chi connectivity index (χ4n) is 5.63. The third kappa shape index (κ3) is 2.87. The average Bonchev–Trinajstić information content (AvgIpc) is 3.37. The van der Waals surface area contributed by atoms with E-state index in [-0.39, 0.29) is 5.92 Å². The molecule has 5 rings (SSSR count). The highest BCUT2D eigenvalue weighted by Crippen LogP contribution is 2.50. The first-order valence-corrected chi connectivity index (χ1v) is 10.5. The van der Waals surface area contributed by atoms with Crippen LogP contribution in [0.1, 0.15) is 29.8 Å². The SMILES string of the molecule is COc1ccc2c(c1)c(CN1C[C@@H]3CC[C@@](O)(c4ccccn4)[C@@H]3C1)c(C)n2C. The molecule has 0 unspecified atom stereocenters. The van der Waals surface area contributed by atoms with Crippen molar-refractivity contribution in [3.8, 4) is 5.75 Å². The van der Waals surface area contributed by atoms with Gasteiger partial charge in [0, 0.05) is 55.4 Å². The number of hydrogen-bond donors (Lipinski definition) is 1. The Bertz CT molecular complexity index is 1050. The summed E-state index contributed by atoms with van der Waals surface area (Å²) in [6.07, 6.45) is 3.68. The van der Waals surface area contributed by atoms with Crippen molar-refractivity contribution in [2.75, 3.05) is 20.2 Å². The van der Waals surface area contributed by atoms with E-state index in [1.165, 1.54) is 22.2 Å². The number of nitrogens with zero attached hydrogens (tertiary/aromatic N) is 3. The number of hydrogen-bond acceptors (Lipinski definition) is 4. The summed E-state index contributed by atoms with van der Waals surface area (Å²) in [7, 11) is 3.85. The van der Waals surface area contributed by atoms with Crippen LogP contribution >= 0.6 is 0 Å². The molecule has 5 heteroatoms. The molecule has 1 aromatic carbocycles. The van der Waals surface area contributed by atoms with Gasteiger partial charge in [-0.05, 0) is 61.6 Å². The van der Waals surface area contributed by atoms with Gasteiger partial charge in [0.15, 0.2) is 0 Å². The topological polar surface area (TPSA) is 50.5 Å². The van der Waals surface area contributed by atoms with Crippen molar-refractivity contribution >= 4 is 10.9 Å². The normalized spacial score (nSPS) is 26.9. The molecule has 3 atom stereocenters. The second-order valence-corrected chi connectivity index (χ2v) is 8.74. The molecule has 152 valence electrons. The van der Waals surface area contributed by atoms with E-state index in [4.69, 9.17) is 4.74 Å². The highest BCUT2D eigenvalue weighted by molar-refractivity contribution is 5.86. The van der Waals surface area contributed by atoms with Crippen LogP contribution in [0.15, 0.2) is 42.6 Å². The number of ether oxygens (including phenoxy) is 1. The molecule has 29 heavy (non-hydrogen) atoms. The number of methoxy groups -OCH3 is 1. The third-order valence-electron chi connectivity index (χ3n) is 7.35. The van der Waals surface area contributed by atoms with Gasteiger partial charge in [0.1, 0.15) is 11.4 Å². The predicted octanol–water partition coefficient (Wildman–Crippen LogP) is 3.62. The van der Waals surface area contributed by atoms with Crippen molar-refractivity contribution in [1.82, 2.24) is 14.5 Å². The van der Waals surface area contributed by atoms with Crippen molar-refractivity contribution in [2.45, 2.75) is 31.9 Å². The van der Waals surface area contributed by atoms with Gasteiger partial charge in [-0.3, -0.25) is 9.88 Å². The predicted molar refractivity (Wildman–Crippen MR) is 114 cm³/mol. The number of aryl methyl sites for hydroxylation is 1. The zero-order chi connectivity index (χ0) is 20.2. The van der Waals surface area contributed by atoms with Gasteiger partial charge in [0.25, 0.3) is 0 Å². The number of fused-ring (bicyclic) bond motifs is 2. The lowest BCUT2D eigenvalue weighted by atomic mass is 9.85. The summed E-state index contributed by atoms with van der Waals surface area (Å²) in [5.74, 6) is 1.68. The maximum atomic E-state index is 11.5. The van der Waals surface area contributed by atoms with Gasteiger partial charge in [-0.25, -0.2) is 0 Å². The van der Waals surface area contributed by atoms with Crippen LogP contribution in [0.4, 0.5) is 0 Å². The Labute approximate surface area is 171 Å². The molecule has 0 radical (unpaired) electrons. The van der Waals surface area contributed by atoms with Gasteiger partial charge in [-0.15, -0.1) is 0 Å². The smallest absolute Gasteiger partial charge is 0.119 e. The van der Waals surface area contributed by atoms with Gasteiger partial charge >= 0.3 is 0 Å². The van der Waals surface area contributed by atoms with Crippen LogP contribution in [0, 0.1) is 18.8 Å². The molecule has 3 aromatic rings. The lowest BCUT2D eigenvalue weighted by Gasteiger charge is -2.29. The number of benzene rings is 1. The van der Waals surface area contributed by atoms with Crippen LogP contribution in [0.2, 0.25) is 0 Å². The van der Waals surface area contributed by atoms with Crippen molar-refractivity contribution in [2.24, 2.45) is 18.9 Å². The molecule has 1 aliphatic carbocycles. The zero-order valence-corrected chi connectivity index (χ0v) is 17.4. The Balaban J connectivity index is 1.43. The molecule has 3 heterocycles. The molecule has 0 bridgehead atoms. The van der Waals surface area contributed by atoms with Crippen LogP contribution in [0.25, 0.3) is 10.9 Å². The van der Waals surface area contributed by atoms with E-state index in [1.807, 2.05) is 24.3 Å². The monoisotopic (exact) mass is 391 g/mol. The minimum absolute atomic E-state index is 0.252. The summed E-state index contributed by atoms with van der Waals surface area (Å²) in [5, 5.41) is 12.8. The Morgan fingerprint density at radius 2 is 2.10 bits per heavy atom. The van der Waals surface area contributed by atoms with E-state index in [9.17, 15) is 5.11 Å². The molecule has 1 N–H and O–H groups in total. The van der Waals surface area contributed by atoms with E-state index in [0.29, 0.717) is 5.92 Å². The summed E-state index contributed by atoms with van der Waals surface area (Å²) in [4.78, 5) is 7.01. The minimum Gasteiger partial charge on any atom is -0.497 e. The largest absolute Gasteiger partial charge is 0.497 e. The van der Waals surface area contributed by atoms with E-state index >= 15 is 0 Å². The lowest BCUT2D eigenvalue weighted by molar-refractivity contribution is -0.0108. The van der Waals surface area contributed by atoms with Crippen molar-refractivity contribution in [1.29, 1.82) is 0 Å². The van der Waals surface area contributed by atoms with Crippen LogP contribution in [0.5, 0.6) is 5.75 Å². The summed E-state index contributed by atoms with van der Waals surface area (Å²) in [6.45, 7) is 5.06. The van der Waals surface area contributed by atoms with Crippen LogP contribution in [0.3, 0.4) is 0 Å². The van der Waals surface area contributed by atoms with Gasteiger partial charge in [-0.2, -0.15) is 0 Å². The number of likely N-dealkylation sites (tertiary alicyclic amines) is 1. The molecular formula is C24H29N3O2. The van der Waals surface area contributed by atoms with Crippen LogP contribution in [-0.2, 0) is 19.2 Å². The molecule has 2 fully saturated rings. The van der Waals surface area contributed by atoms with Crippen molar-refractivity contribution in [3.05, 3.63) is 59.5 Å². The fraction of sp³-hybridized carbons (Fsp3) is 0.458. The minimum atomic E-state index is -0.794. The third-order valence-corrected chi connectivity index (χ3v) is 7.35.